The Bertz CT molecular complexity index is 497. The number of fused-ring (bicyclic) bond motifs is 1. The molecule has 0 bridgehead atoms. The van der Waals surface area contributed by atoms with Crippen LogP contribution in [-0.4, -0.2) is 4.98 Å². The smallest absolute Gasteiger partial charge is 0.153 e. The molecule has 0 aliphatic heterocycles. The van der Waals surface area contributed by atoms with Crippen LogP contribution in [0.1, 0.15) is 26.3 Å². The predicted molar refractivity (Wildman–Crippen MR) is 60.4 cm³/mol. The molecule has 2 heteroatoms. The summed E-state index contributed by atoms with van der Waals surface area (Å²) in [5.41, 5.74) is 0.995. The van der Waals surface area contributed by atoms with E-state index < -0.39 is 0 Å². The van der Waals surface area contributed by atoms with Gasteiger partial charge in [0, 0.05) is 11.6 Å². The molecule has 0 radical (unpaired) electrons. The van der Waals surface area contributed by atoms with Crippen LogP contribution >= 0.6 is 0 Å². The zero-order valence-corrected chi connectivity index (χ0v) is 9.21. The van der Waals surface area contributed by atoms with E-state index in [-0.39, 0.29) is 11.2 Å². The molecule has 1 aromatic carbocycles. The van der Waals surface area contributed by atoms with Crippen molar-refractivity contribution in [3.63, 3.8) is 0 Å². The van der Waals surface area contributed by atoms with Gasteiger partial charge in [-0.2, -0.15) is 0 Å². The fourth-order valence-electron chi connectivity index (χ4n) is 1.69. The van der Waals surface area contributed by atoms with Gasteiger partial charge < -0.3 is 0 Å². The number of nitrogens with zero attached hydrogens (tertiary/aromatic N) is 1. The lowest BCUT2D eigenvalue weighted by atomic mass is 9.86. The lowest BCUT2D eigenvalue weighted by molar-refractivity contribution is 0.528. The maximum atomic E-state index is 14.1. The van der Waals surface area contributed by atoms with Crippen LogP contribution in [0.15, 0.2) is 30.5 Å². The molecule has 2 rings (SSSR count). The first-order chi connectivity index (χ1) is 7.00. The van der Waals surface area contributed by atoms with Gasteiger partial charge in [-0.15, -0.1) is 0 Å². The molecule has 0 atom stereocenters. The summed E-state index contributed by atoms with van der Waals surface area (Å²) < 4.78 is 14.1. The van der Waals surface area contributed by atoms with Gasteiger partial charge in [0.2, 0.25) is 0 Å². The van der Waals surface area contributed by atoms with E-state index in [2.05, 4.69) is 4.98 Å². The van der Waals surface area contributed by atoms with Gasteiger partial charge in [-0.25, -0.2) is 4.39 Å². The maximum Gasteiger partial charge on any atom is 0.153 e. The van der Waals surface area contributed by atoms with Crippen molar-refractivity contribution >= 4 is 10.9 Å². The normalized spacial score (nSPS) is 12.0. The summed E-state index contributed by atoms with van der Waals surface area (Å²) in [7, 11) is 0. The molecule has 1 heterocycles. The largest absolute Gasteiger partial charge is 0.253 e. The van der Waals surface area contributed by atoms with Crippen LogP contribution in [0.3, 0.4) is 0 Å². The highest BCUT2D eigenvalue weighted by Gasteiger charge is 2.20. The van der Waals surface area contributed by atoms with Crippen LogP contribution in [0.25, 0.3) is 10.9 Å². The second-order valence-corrected chi connectivity index (χ2v) is 4.75. The number of rotatable bonds is 0. The van der Waals surface area contributed by atoms with E-state index in [4.69, 9.17) is 0 Å². The first kappa shape index (κ1) is 10.1. The van der Waals surface area contributed by atoms with E-state index in [1.54, 1.807) is 6.20 Å². The fraction of sp³-hybridized carbons (Fsp3) is 0.308. The highest BCUT2D eigenvalue weighted by atomic mass is 19.1. The zero-order chi connectivity index (χ0) is 11.1. The van der Waals surface area contributed by atoms with Gasteiger partial charge in [-0.3, -0.25) is 4.98 Å². The molecule has 1 nitrogen and oxygen atoms in total. The Morgan fingerprint density at radius 2 is 1.87 bits per heavy atom. The minimum absolute atomic E-state index is 0.185. The van der Waals surface area contributed by atoms with Crippen molar-refractivity contribution in [1.82, 2.24) is 4.98 Å². The summed E-state index contributed by atoms with van der Waals surface area (Å²) in [6.07, 6.45) is 1.62. The molecule has 2 aromatic rings. The van der Waals surface area contributed by atoms with Crippen molar-refractivity contribution < 1.29 is 4.39 Å². The highest BCUT2D eigenvalue weighted by Crippen LogP contribution is 2.28. The van der Waals surface area contributed by atoms with Crippen LogP contribution in [0.4, 0.5) is 4.39 Å². The molecular weight excluding hydrogens is 189 g/mol. The molecule has 78 valence electrons. The van der Waals surface area contributed by atoms with Crippen LogP contribution in [-0.2, 0) is 5.41 Å². The monoisotopic (exact) mass is 203 g/mol. The van der Waals surface area contributed by atoms with Crippen LogP contribution in [0.2, 0.25) is 0 Å². The number of pyridine rings is 1. The molecule has 0 saturated heterocycles. The minimum atomic E-state index is -0.194. The summed E-state index contributed by atoms with van der Waals surface area (Å²) in [4.78, 5) is 4.08. The Balaban J connectivity index is 2.76. The number of hydrogen-bond acceptors (Lipinski definition) is 1. The molecule has 0 amide bonds. The van der Waals surface area contributed by atoms with E-state index in [9.17, 15) is 4.39 Å². The zero-order valence-electron chi connectivity index (χ0n) is 9.21. The molecule has 1 aromatic heterocycles. The Morgan fingerprint density at radius 1 is 1.13 bits per heavy atom. The molecule has 0 fully saturated rings. The number of hydrogen-bond donors (Lipinski definition) is 0. The Kier molecular flexibility index (Phi) is 2.22. The minimum Gasteiger partial charge on any atom is -0.253 e. The predicted octanol–water partition coefficient (Wildman–Crippen LogP) is 3.67. The van der Waals surface area contributed by atoms with Crippen molar-refractivity contribution in [1.29, 1.82) is 0 Å². The van der Waals surface area contributed by atoms with Gasteiger partial charge in [0.15, 0.2) is 5.82 Å². The Labute approximate surface area is 89.0 Å². The lowest BCUT2D eigenvalue weighted by Gasteiger charge is -2.20. The average molecular weight is 203 g/mol. The van der Waals surface area contributed by atoms with Gasteiger partial charge in [-0.05, 0) is 17.0 Å². The lowest BCUT2D eigenvalue weighted by Crippen LogP contribution is -2.13. The number of aromatic nitrogens is 1. The quantitative estimate of drug-likeness (QED) is 0.636. The topological polar surface area (TPSA) is 12.9 Å². The molecule has 0 saturated carbocycles. The van der Waals surface area contributed by atoms with Crippen molar-refractivity contribution in [2.24, 2.45) is 0 Å². The Morgan fingerprint density at radius 3 is 2.53 bits per heavy atom. The molecule has 0 aliphatic rings. The van der Waals surface area contributed by atoms with E-state index in [0.717, 1.165) is 5.39 Å². The average Bonchev–Trinajstić information content (AvgIpc) is 2.16. The van der Waals surface area contributed by atoms with Gasteiger partial charge in [0.05, 0.1) is 0 Å². The summed E-state index contributed by atoms with van der Waals surface area (Å²) in [6, 6.07) is 7.46. The second kappa shape index (κ2) is 3.30. The summed E-state index contributed by atoms with van der Waals surface area (Å²) in [5, 5.41) is 0.850. The Hall–Kier alpha value is -1.44. The summed E-state index contributed by atoms with van der Waals surface area (Å²) in [5.74, 6) is -0.194. The van der Waals surface area contributed by atoms with Crippen LogP contribution in [0, 0.1) is 5.82 Å². The van der Waals surface area contributed by atoms with Crippen LogP contribution < -0.4 is 0 Å². The van der Waals surface area contributed by atoms with Crippen molar-refractivity contribution in [2.45, 2.75) is 26.2 Å². The van der Waals surface area contributed by atoms with E-state index in [1.807, 2.05) is 45.0 Å². The first-order valence-corrected chi connectivity index (χ1v) is 5.04. The third-order valence-corrected chi connectivity index (χ3v) is 2.52. The molecule has 0 N–H and O–H groups in total. The van der Waals surface area contributed by atoms with Gasteiger partial charge >= 0.3 is 0 Å². The van der Waals surface area contributed by atoms with Gasteiger partial charge in [0.1, 0.15) is 5.52 Å². The molecular formula is C13H14FN. The number of halogens is 1. The van der Waals surface area contributed by atoms with Gasteiger partial charge in [0.25, 0.3) is 0 Å². The van der Waals surface area contributed by atoms with E-state index in [0.29, 0.717) is 11.1 Å². The van der Waals surface area contributed by atoms with Crippen LogP contribution in [0.5, 0.6) is 0 Å². The van der Waals surface area contributed by atoms with Crippen molar-refractivity contribution in [2.75, 3.05) is 0 Å². The SMILES string of the molecule is CC(C)(C)c1ccc2cccnc2c1F. The second-order valence-electron chi connectivity index (χ2n) is 4.75. The number of benzene rings is 1. The first-order valence-electron chi connectivity index (χ1n) is 5.04. The summed E-state index contributed by atoms with van der Waals surface area (Å²) in [6.45, 7) is 6.00. The van der Waals surface area contributed by atoms with Gasteiger partial charge in [-0.1, -0.05) is 39.0 Å². The third kappa shape index (κ3) is 1.72. The van der Waals surface area contributed by atoms with E-state index in [1.165, 1.54) is 0 Å². The van der Waals surface area contributed by atoms with Crippen molar-refractivity contribution in [3.05, 3.63) is 41.8 Å². The molecule has 0 unspecified atom stereocenters. The summed E-state index contributed by atoms with van der Waals surface area (Å²) >= 11 is 0. The highest BCUT2D eigenvalue weighted by molar-refractivity contribution is 5.79. The fourth-order valence-corrected chi connectivity index (χ4v) is 1.69. The molecule has 0 spiro atoms. The molecule has 15 heavy (non-hydrogen) atoms. The maximum absolute atomic E-state index is 14.1. The molecule has 0 aliphatic carbocycles. The standard InChI is InChI=1S/C13H14FN/c1-13(2,3)10-7-6-9-5-4-8-15-12(9)11(10)14/h4-8H,1-3H3. The third-order valence-electron chi connectivity index (χ3n) is 2.52. The van der Waals surface area contributed by atoms with Crippen molar-refractivity contribution in [3.8, 4) is 0 Å². The van der Waals surface area contributed by atoms with E-state index >= 15 is 0 Å².